The number of rotatable bonds is 4. The molecule has 2 N–H and O–H groups in total. The zero-order valence-electron chi connectivity index (χ0n) is 12.6. The standard InChI is InChI=1S/C15H17N3O4/c1-9-5-4-6-12(7-9)21-8-13(19)16-17-15(20)14-10(2)18-22-11(14)3/h4-7H,8H2,1-3H3,(H,16,19)(H,17,20). The van der Waals surface area contributed by atoms with Crippen molar-refractivity contribution in [3.05, 3.63) is 46.8 Å². The molecule has 7 nitrogen and oxygen atoms in total. The Balaban J connectivity index is 1.82. The van der Waals surface area contributed by atoms with Crippen LogP contribution in [0.15, 0.2) is 28.8 Å². The van der Waals surface area contributed by atoms with Gasteiger partial charge < -0.3 is 9.26 Å². The van der Waals surface area contributed by atoms with E-state index in [1.165, 1.54) is 0 Å². The van der Waals surface area contributed by atoms with Gasteiger partial charge in [-0.15, -0.1) is 0 Å². The van der Waals surface area contributed by atoms with Gasteiger partial charge >= 0.3 is 0 Å². The van der Waals surface area contributed by atoms with Crippen LogP contribution < -0.4 is 15.6 Å². The normalized spacial score (nSPS) is 10.1. The monoisotopic (exact) mass is 303 g/mol. The van der Waals surface area contributed by atoms with Gasteiger partial charge in [0.2, 0.25) is 0 Å². The third kappa shape index (κ3) is 3.85. The van der Waals surface area contributed by atoms with Gasteiger partial charge in [-0.05, 0) is 38.5 Å². The third-order valence-electron chi connectivity index (χ3n) is 2.94. The number of aromatic nitrogens is 1. The Morgan fingerprint density at radius 1 is 1.23 bits per heavy atom. The van der Waals surface area contributed by atoms with Crippen LogP contribution in [-0.4, -0.2) is 23.6 Å². The van der Waals surface area contributed by atoms with Gasteiger partial charge in [0.25, 0.3) is 11.8 Å². The predicted molar refractivity (Wildman–Crippen MR) is 78.3 cm³/mol. The molecule has 0 aliphatic rings. The number of nitrogens with one attached hydrogen (secondary N) is 2. The lowest BCUT2D eigenvalue weighted by atomic mass is 10.2. The summed E-state index contributed by atoms with van der Waals surface area (Å²) in [4.78, 5) is 23.6. The Morgan fingerprint density at radius 3 is 2.64 bits per heavy atom. The van der Waals surface area contributed by atoms with Crippen molar-refractivity contribution in [3.63, 3.8) is 0 Å². The van der Waals surface area contributed by atoms with Gasteiger partial charge in [-0.25, -0.2) is 0 Å². The summed E-state index contributed by atoms with van der Waals surface area (Å²) in [6.07, 6.45) is 0. The molecule has 2 rings (SSSR count). The van der Waals surface area contributed by atoms with Crippen molar-refractivity contribution in [1.82, 2.24) is 16.0 Å². The highest BCUT2D eigenvalue weighted by atomic mass is 16.5. The highest BCUT2D eigenvalue weighted by Crippen LogP contribution is 2.12. The van der Waals surface area contributed by atoms with Crippen LogP contribution in [0.25, 0.3) is 0 Å². The van der Waals surface area contributed by atoms with Gasteiger partial charge in [0.05, 0.1) is 5.69 Å². The number of hydrogen-bond donors (Lipinski definition) is 2. The van der Waals surface area contributed by atoms with E-state index in [4.69, 9.17) is 9.26 Å². The molecule has 0 spiro atoms. The Kier molecular flexibility index (Phi) is 4.77. The molecular formula is C15H17N3O4. The lowest BCUT2D eigenvalue weighted by Gasteiger charge is -2.09. The van der Waals surface area contributed by atoms with E-state index in [1.54, 1.807) is 19.9 Å². The number of carbonyl (C=O) groups is 2. The average molecular weight is 303 g/mol. The summed E-state index contributed by atoms with van der Waals surface area (Å²) in [6, 6.07) is 7.33. The van der Waals surface area contributed by atoms with E-state index in [-0.39, 0.29) is 6.61 Å². The molecular weight excluding hydrogens is 286 g/mol. The molecule has 0 saturated carbocycles. The summed E-state index contributed by atoms with van der Waals surface area (Å²) in [6.45, 7) is 4.99. The van der Waals surface area contributed by atoms with E-state index in [0.717, 1.165) is 5.56 Å². The highest BCUT2D eigenvalue weighted by molar-refractivity contribution is 5.97. The molecule has 0 unspecified atom stereocenters. The van der Waals surface area contributed by atoms with Gasteiger partial charge in [0, 0.05) is 0 Å². The van der Waals surface area contributed by atoms with E-state index < -0.39 is 11.8 Å². The molecule has 0 fully saturated rings. The predicted octanol–water partition coefficient (Wildman–Crippen LogP) is 1.44. The SMILES string of the molecule is Cc1cccc(OCC(=O)NNC(=O)c2c(C)noc2C)c1. The fraction of sp³-hybridized carbons (Fsp3) is 0.267. The van der Waals surface area contributed by atoms with Gasteiger partial charge in [0.1, 0.15) is 17.1 Å². The summed E-state index contributed by atoms with van der Waals surface area (Å²) in [5.74, 6) is 0.0224. The van der Waals surface area contributed by atoms with Crippen molar-refractivity contribution in [2.45, 2.75) is 20.8 Å². The molecule has 0 aliphatic heterocycles. The van der Waals surface area contributed by atoms with Gasteiger partial charge in [-0.2, -0.15) is 0 Å². The number of benzene rings is 1. The second-order valence-electron chi connectivity index (χ2n) is 4.81. The maximum atomic E-state index is 11.9. The van der Waals surface area contributed by atoms with E-state index in [0.29, 0.717) is 22.8 Å². The van der Waals surface area contributed by atoms with Crippen LogP contribution in [0.4, 0.5) is 0 Å². The number of hydrazine groups is 1. The first kappa shape index (κ1) is 15.6. The Labute approximate surface area is 127 Å². The van der Waals surface area contributed by atoms with E-state index in [9.17, 15) is 9.59 Å². The lowest BCUT2D eigenvalue weighted by molar-refractivity contribution is -0.123. The van der Waals surface area contributed by atoms with Gasteiger partial charge in [0.15, 0.2) is 6.61 Å². The zero-order valence-corrected chi connectivity index (χ0v) is 12.6. The van der Waals surface area contributed by atoms with Crippen LogP contribution in [0.3, 0.4) is 0 Å². The van der Waals surface area contributed by atoms with Crippen LogP contribution in [0.5, 0.6) is 5.75 Å². The number of amides is 2. The van der Waals surface area contributed by atoms with Crippen LogP contribution in [0.1, 0.15) is 27.4 Å². The zero-order chi connectivity index (χ0) is 16.1. The topological polar surface area (TPSA) is 93.5 Å². The molecule has 0 saturated heterocycles. The quantitative estimate of drug-likeness (QED) is 0.834. The molecule has 0 bridgehead atoms. The number of carbonyl (C=O) groups excluding carboxylic acids is 2. The molecule has 7 heteroatoms. The maximum Gasteiger partial charge on any atom is 0.276 e. The largest absolute Gasteiger partial charge is 0.484 e. The molecule has 1 heterocycles. The number of ether oxygens (including phenoxy) is 1. The fourth-order valence-electron chi connectivity index (χ4n) is 1.89. The minimum Gasteiger partial charge on any atom is -0.484 e. The third-order valence-corrected chi connectivity index (χ3v) is 2.94. The molecule has 2 aromatic rings. The summed E-state index contributed by atoms with van der Waals surface area (Å²) < 4.78 is 10.2. The molecule has 0 atom stereocenters. The second kappa shape index (κ2) is 6.75. The molecule has 2 amide bonds. The summed E-state index contributed by atoms with van der Waals surface area (Å²) in [5.41, 5.74) is 6.37. The van der Waals surface area contributed by atoms with Crippen molar-refractivity contribution in [2.75, 3.05) is 6.61 Å². The Hall–Kier alpha value is -2.83. The van der Waals surface area contributed by atoms with Crippen LogP contribution in [-0.2, 0) is 4.79 Å². The molecule has 1 aromatic heterocycles. The van der Waals surface area contributed by atoms with Crippen molar-refractivity contribution >= 4 is 11.8 Å². The van der Waals surface area contributed by atoms with Gasteiger partial charge in [-0.1, -0.05) is 17.3 Å². The summed E-state index contributed by atoms with van der Waals surface area (Å²) in [5, 5.41) is 3.68. The van der Waals surface area contributed by atoms with E-state index in [1.807, 2.05) is 25.1 Å². The fourth-order valence-corrected chi connectivity index (χ4v) is 1.89. The first-order valence-electron chi connectivity index (χ1n) is 6.69. The van der Waals surface area contributed by atoms with E-state index in [2.05, 4.69) is 16.0 Å². The number of nitrogens with zero attached hydrogens (tertiary/aromatic N) is 1. The van der Waals surface area contributed by atoms with Crippen LogP contribution in [0, 0.1) is 20.8 Å². The van der Waals surface area contributed by atoms with Crippen LogP contribution in [0.2, 0.25) is 0 Å². The summed E-state index contributed by atoms with van der Waals surface area (Å²) in [7, 11) is 0. The summed E-state index contributed by atoms with van der Waals surface area (Å²) >= 11 is 0. The first-order chi connectivity index (χ1) is 10.5. The maximum absolute atomic E-state index is 11.9. The highest BCUT2D eigenvalue weighted by Gasteiger charge is 2.17. The second-order valence-corrected chi connectivity index (χ2v) is 4.81. The minimum absolute atomic E-state index is 0.203. The van der Waals surface area contributed by atoms with Crippen molar-refractivity contribution in [1.29, 1.82) is 0 Å². The molecule has 22 heavy (non-hydrogen) atoms. The van der Waals surface area contributed by atoms with Crippen molar-refractivity contribution in [3.8, 4) is 5.75 Å². The average Bonchev–Trinajstić information content (AvgIpc) is 2.82. The number of aryl methyl sites for hydroxylation is 3. The van der Waals surface area contributed by atoms with Crippen LogP contribution >= 0.6 is 0 Å². The number of hydrogen-bond acceptors (Lipinski definition) is 5. The van der Waals surface area contributed by atoms with Crippen molar-refractivity contribution in [2.24, 2.45) is 0 Å². The van der Waals surface area contributed by atoms with E-state index >= 15 is 0 Å². The van der Waals surface area contributed by atoms with Crippen molar-refractivity contribution < 1.29 is 18.8 Å². The lowest BCUT2D eigenvalue weighted by Crippen LogP contribution is -2.44. The first-order valence-corrected chi connectivity index (χ1v) is 6.69. The molecule has 116 valence electrons. The van der Waals surface area contributed by atoms with Gasteiger partial charge in [-0.3, -0.25) is 20.4 Å². The molecule has 1 aromatic carbocycles. The smallest absolute Gasteiger partial charge is 0.276 e. The minimum atomic E-state index is -0.486. The molecule has 0 aliphatic carbocycles. The Morgan fingerprint density at radius 2 is 2.00 bits per heavy atom. The Bertz CT molecular complexity index is 674. The molecule has 0 radical (unpaired) electrons.